The fourth-order valence-corrected chi connectivity index (χ4v) is 1.17. The van der Waals surface area contributed by atoms with E-state index >= 15 is 0 Å². The van der Waals surface area contributed by atoms with Gasteiger partial charge in [-0.1, -0.05) is 11.6 Å². The summed E-state index contributed by atoms with van der Waals surface area (Å²) < 4.78 is 0. The average Bonchev–Trinajstić information content (AvgIpc) is 2.19. The molecular formula is C11H8ClNO2. The third-order valence-electron chi connectivity index (χ3n) is 1.81. The first-order valence-electron chi connectivity index (χ1n) is 4.16. The number of aliphatic hydroxyl groups is 1. The van der Waals surface area contributed by atoms with E-state index in [4.69, 9.17) is 22.0 Å². The molecule has 0 fully saturated rings. The highest BCUT2D eigenvalue weighted by atomic mass is 35.5. The molecule has 0 spiro atoms. The molecule has 15 heavy (non-hydrogen) atoms. The first-order chi connectivity index (χ1) is 7.06. The van der Waals surface area contributed by atoms with E-state index in [0.29, 0.717) is 10.6 Å². The van der Waals surface area contributed by atoms with Crippen LogP contribution in [0.3, 0.4) is 0 Å². The van der Waals surface area contributed by atoms with E-state index in [1.54, 1.807) is 18.2 Å². The van der Waals surface area contributed by atoms with E-state index in [1.165, 1.54) is 19.1 Å². The number of carbonyl (C=O) groups is 1. The molecule has 0 unspecified atom stereocenters. The van der Waals surface area contributed by atoms with Crippen molar-refractivity contribution < 1.29 is 9.90 Å². The van der Waals surface area contributed by atoms with Gasteiger partial charge in [-0.3, -0.25) is 4.79 Å². The van der Waals surface area contributed by atoms with Gasteiger partial charge in [0.05, 0.1) is 0 Å². The Labute approximate surface area is 92.2 Å². The molecule has 0 amide bonds. The van der Waals surface area contributed by atoms with Crippen LogP contribution in [-0.2, 0) is 0 Å². The summed E-state index contributed by atoms with van der Waals surface area (Å²) in [7, 11) is 0. The fraction of sp³-hybridized carbons (Fsp3) is 0.0909. The van der Waals surface area contributed by atoms with Gasteiger partial charge in [-0.2, -0.15) is 5.26 Å². The minimum absolute atomic E-state index is 0.252. The molecule has 0 aliphatic heterocycles. The van der Waals surface area contributed by atoms with Gasteiger partial charge < -0.3 is 5.11 Å². The summed E-state index contributed by atoms with van der Waals surface area (Å²) in [6.45, 7) is 1.30. The zero-order valence-electron chi connectivity index (χ0n) is 7.99. The van der Waals surface area contributed by atoms with E-state index in [-0.39, 0.29) is 11.3 Å². The van der Waals surface area contributed by atoms with Gasteiger partial charge in [-0.15, -0.1) is 0 Å². The van der Waals surface area contributed by atoms with Crippen LogP contribution < -0.4 is 0 Å². The minimum Gasteiger partial charge on any atom is -0.511 e. The first kappa shape index (κ1) is 11.3. The van der Waals surface area contributed by atoms with E-state index in [9.17, 15) is 4.79 Å². The first-order valence-corrected chi connectivity index (χ1v) is 4.54. The van der Waals surface area contributed by atoms with Crippen LogP contribution in [0.1, 0.15) is 17.3 Å². The van der Waals surface area contributed by atoms with E-state index in [0.717, 1.165) is 0 Å². The number of nitriles is 1. The molecule has 1 aromatic rings. The zero-order chi connectivity index (χ0) is 11.4. The monoisotopic (exact) mass is 221 g/mol. The number of rotatable bonds is 2. The van der Waals surface area contributed by atoms with Crippen LogP contribution in [-0.4, -0.2) is 10.9 Å². The van der Waals surface area contributed by atoms with Crippen molar-refractivity contribution in [2.45, 2.75) is 6.92 Å². The van der Waals surface area contributed by atoms with Crippen molar-refractivity contribution in [1.82, 2.24) is 0 Å². The maximum Gasteiger partial charge on any atom is 0.206 e. The topological polar surface area (TPSA) is 61.1 Å². The van der Waals surface area contributed by atoms with Gasteiger partial charge in [0.1, 0.15) is 17.4 Å². The van der Waals surface area contributed by atoms with Crippen molar-refractivity contribution in [1.29, 1.82) is 5.26 Å². The van der Waals surface area contributed by atoms with Gasteiger partial charge >= 0.3 is 0 Å². The standard InChI is InChI=1S/C11H8ClNO2/c1-7(14)10(6-13)11(15)8-2-4-9(12)5-3-8/h2-5,14H,1H3/b10-7-. The van der Waals surface area contributed by atoms with Gasteiger partial charge in [0.15, 0.2) is 0 Å². The Bertz CT molecular complexity index is 450. The summed E-state index contributed by atoms with van der Waals surface area (Å²) in [6.07, 6.45) is 0. The summed E-state index contributed by atoms with van der Waals surface area (Å²) in [5, 5.41) is 18.3. The van der Waals surface area contributed by atoms with Gasteiger partial charge in [-0.05, 0) is 31.2 Å². The quantitative estimate of drug-likeness (QED) is 0.362. The highest BCUT2D eigenvalue weighted by molar-refractivity contribution is 6.30. The van der Waals surface area contributed by atoms with E-state index in [2.05, 4.69) is 0 Å². The molecule has 1 rings (SSSR count). The molecule has 1 aromatic carbocycles. The molecule has 3 nitrogen and oxygen atoms in total. The summed E-state index contributed by atoms with van der Waals surface area (Å²) in [5.74, 6) is -0.786. The number of allylic oxidation sites excluding steroid dienone is 2. The Hall–Kier alpha value is -1.79. The third kappa shape index (κ3) is 2.58. The summed E-state index contributed by atoms with van der Waals surface area (Å²) in [4.78, 5) is 11.6. The Morgan fingerprint density at radius 1 is 1.40 bits per heavy atom. The van der Waals surface area contributed by atoms with Crippen molar-refractivity contribution in [3.63, 3.8) is 0 Å². The number of hydrogen-bond donors (Lipinski definition) is 1. The molecular weight excluding hydrogens is 214 g/mol. The van der Waals surface area contributed by atoms with Crippen LogP contribution in [0.2, 0.25) is 5.02 Å². The molecule has 0 heterocycles. The van der Waals surface area contributed by atoms with Crippen molar-refractivity contribution in [2.75, 3.05) is 0 Å². The second-order valence-electron chi connectivity index (χ2n) is 2.91. The van der Waals surface area contributed by atoms with Gasteiger partial charge in [0.25, 0.3) is 0 Å². The Kier molecular flexibility index (Phi) is 3.48. The molecule has 0 aromatic heterocycles. The molecule has 0 bridgehead atoms. The molecule has 1 N–H and O–H groups in total. The smallest absolute Gasteiger partial charge is 0.206 e. The van der Waals surface area contributed by atoms with E-state index < -0.39 is 5.78 Å². The minimum atomic E-state index is -0.505. The lowest BCUT2D eigenvalue weighted by atomic mass is 10.0. The number of halogens is 1. The molecule has 4 heteroatoms. The maximum atomic E-state index is 11.6. The third-order valence-corrected chi connectivity index (χ3v) is 2.06. The molecule has 0 atom stereocenters. The van der Waals surface area contributed by atoms with Gasteiger partial charge in [-0.25, -0.2) is 0 Å². The average molecular weight is 222 g/mol. The largest absolute Gasteiger partial charge is 0.511 e. The number of nitrogens with zero attached hydrogens (tertiary/aromatic N) is 1. The highest BCUT2D eigenvalue weighted by Gasteiger charge is 2.14. The second-order valence-corrected chi connectivity index (χ2v) is 3.34. The van der Waals surface area contributed by atoms with Crippen LogP contribution >= 0.6 is 11.6 Å². The Morgan fingerprint density at radius 3 is 2.33 bits per heavy atom. The predicted octanol–water partition coefficient (Wildman–Crippen LogP) is 2.88. The molecule has 0 radical (unpaired) electrons. The van der Waals surface area contributed by atoms with Crippen LogP contribution in [0.25, 0.3) is 0 Å². The van der Waals surface area contributed by atoms with Crippen molar-refractivity contribution >= 4 is 17.4 Å². The maximum absolute atomic E-state index is 11.6. The number of ketones is 1. The van der Waals surface area contributed by atoms with Gasteiger partial charge in [0, 0.05) is 10.6 Å². The normalized spacial score (nSPS) is 11.5. The van der Waals surface area contributed by atoms with Crippen molar-refractivity contribution in [3.05, 3.63) is 46.2 Å². The lowest BCUT2D eigenvalue weighted by Gasteiger charge is -2.00. The number of benzene rings is 1. The van der Waals surface area contributed by atoms with Crippen molar-refractivity contribution in [2.24, 2.45) is 0 Å². The molecule has 0 saturated carbocycles. The molecule has 0 aliphatic carbocycles. The van der Waals surface area contributed by atoms with Gasteiger partial charge in [0.2, 0.25) is 5.78 Å². The van der Waals surface area contributed by atoms with Crippen LogP contribution in [0.15, 0.2) is 35.6 Å². The van der Waals surface area contributed by atoms with E-state index in [1.807, 2.05) is 0 Å². The molecule has 76 valence electrons. The molecule has 0 saturated heterocycles. The van der Waals surface area contributed by atoms with Crippen LogP contribution in [0, 0.1) is 11.3 Å². The predicted molar refractivity (Wildman–Crippen MR) is 56.7 cm³/mol. The van der Waals surface area contributed by atoms with Crippen LogP contribution in [0.5, 0.6) is 0 Å². The summed E-state index contributed by atoms with van der Waals surface area (Å²) in [6, 6.07) is 7.78. The highest BCUT2D eigenvalue weighted by Crippen LogP contribution is 2.14. The Morgan fingerprint density at radius 2 is 1.93 bits per heavy atom. The van der Waals surface area contributed by atoms with Crippen LogP contribution in [0.4, 0.5) is 0 Å². The fourth-order valence-electron chi connectivity index (χ4n) is 1.04. The number of aliphatic hydroxyl groups excluding tert-OH is 1. The number of Topliss-reactive ketones (excluding diaryl/α,β-unsaturated/α-hetero) is 1. The number of hydrogen-bond acceptors (Lipinski definition) is 3. The lowest BCUT2D eigenvalue weighted by Crippen LogP contribution is -2.03. The second kappa shape index (κ2) is 4.63. The molecule has 0 aliphatic rings. The summed E-state index contributed by atoms with van der Waals surface area (Å²) >= 11 is 5.65. The SMILES string of the molecule is C/C(O)=C(\C#N)C(=O)c1ccc(Cl)cc1. The lowest BCUT2D eigenvalue weighted by molar-refractivity contribution is 0.103. The zero-order valence-corrected chi connectivity index (χ0v) is 8.75. The Balaban J connectivity index is 3.11. The van der Waals surface area contributed by atoms with Crippen molar-refractivity contribution in [3.8, 4) is 6.07 Å². The summed E-state index contributed by atoms with van der Waals surface area (Å²) in [5.41, 5.74) is 0.0710. The number of carbonyl (C=O) groups excluding carboxylic acids is 1.